The molecule has 0 heterocycles. The number of halogens is 2. The number of hydrogen-bond donors (Lipinski definition) is 1. The summed E-state index contributed by atoms with van der Waals surface area (Å²) in [5.74, 6) is 6.08. The van der Waals surface area contributed by atoms with Gasteiger partial charge in [0.2, 0.25) is 0 Å². The maximum Gasteiger partial charge on any atom is 0.252 e. The lowest BCUT2D eigenvalue weighted by molar-refractivity contribution is 0.0958. The Morgan fingerprint density at radius 3 is 2.77 bits per heavy atom. The molecule has 0 saturated heterocycles. The fourth-order valence-corrected chi connectivity index (χ4v) is 2.23. The van der Waals surface area contributed by atoms with E-state index in [1.54, 1.807) is 24.3 Å². The van der Waals surface area contributed by atoms with Gasteiger partial charge in [-0.3, -0.25) is 4.79 Å². The van der Waals surface area contributed by atoms with Crippen molar-refractivity contribution in [3.8, 4) is 17.6 Å². The fraction of sp³-hybridized carbons (Fsp3) is 0.118. The number of carbonyl (C=O) groups is 1. The third-order valence-corrected chi connectivity index (χ3v) is 3.49. The van der Waals surface area contributed by atoms with Crippen molar-refractivity contribution in [3.05, 3.63) is 63.6 Å². The highest BCUT2D eigenvalue weighted by molar-refractivity contribution is 9.10. The second-order valence-corrected chi connectivity index (χ2v) is 5.59. The number of rotatable bonds is 4. The Hall–Kier alpha value is -1.96. The molecule has 0 fully saturated rings. The van der Waals surface area contributed by atoms with Crippen LogP contribution in [0.5, 0.6) is 5.75 Å². The van der Waals surface area contributed by atoms with Crippen LogP contribution in [0.2, 0.25) is 5.02 Å². The molecule has 112 valence electrons. The second-order valence-electron chi connectivity index (χ2n) is 4.27. The molecule has 3 nitrogen and oxygen atoms in total. The average molecular weight is 379 g/mol. The number of ether oxygens (including phenoxy) is 1. The van der Waals surface area contributed by atoms with Crippen molar-refractivity contribution in [2.45, 2.75) is 0 Å². The van der Waals surface area contributed by atoms with Gasteiger partial charge in [-0.1, -0.05) is 57.6 Å². The van der Waals surface area contributed by atoms with Crippen molar-refractivity contribution in [1.29, 1.82) is 0 Å². The van der Waals surface area contributed by atoms with Gasteiger partial charge < -0.3 is 10.1 Å². The highest BCUT2D eigenvalue weighted by atomic mass is 79.9. The molecule has 0 bridgehead atoms. The molecule has 0 radical (unpaired) electrons. The molecule has 0 aromatic heterocycles. The Balaban J connectivity index is 1.75. The fourth-order valence-electron chi connectivity index (χ4n) is 1.65. The standard InChI is InChI=1S/C17H13BrClNO2/c18-14-7-5-6-13(12-14)17(21)20-10-3-4-11-22-16-9-2-1-8-15(16)19/h1-2,5-9,12H,10-11H2,(H,20,21). The second kappa shape index (κ2) is 8.47. The zero-order valence-electron chi connectivity index (χ0n) is 11.6. The quantitative estimate of drug-likeness (QED) is 0.819. The molecule has 0 saturated carbocycles. The maximum atomic E-state index is 11.8. The highest BCUT2D eigenvalue weighted by Crippen LogP contribution is 2.22. The van der Waals surface area contributed by atoms with Crippen LogP contribution in [0.3, 0.4) is 0 Å². The molecular weight excluding hydrogens is 366 g/mol. The Bertz CT molecular complexity index is 722. The molecule has 22 heavy (non-hydrogen) atoms. The highest BCUT2D eigenvalue weighted by Gasteiger charge is 2.03. The van der Waals surface area contributed by atoms with E-state index in [2.05, 4.69) is 33.1 Å². The van der Waals surface area contributed by atoms with Gasteiger partial charge in [-0.25, -0.2) is 0 Å². The largest absolute Gasteiger partial charge is 0.479 e. The van der Waals surface area contributed by atoms with E-state index in [-0.39, 0.29) is 19.1 Å². The van der Waals surface area contributed by atoms with Crippen LogP contribution in [0.15, 0.2) is 53.0 Å². The molecule has 2 aromatic rings. The minimum atomic E-state index is -0.164. The number of para-hydroxylation sites is 1. The average Bonchev–Trinajstić information content (AvgIpc) is 2.52. The van der Waals surface area contributed by atoms with Crippen LogP contribution < -0.4 is 10.1 Å². The smallest absolute Gasteiger partial charge is 0.252 e. The lowest BCUT2D eigenvalue weighted by Crippen LogP contribution is -2.23. The minimum absolute atomic E-state index is 0.164. The van der Waals surface area contributed by atoms with Crippen molar-refractivity contribution in [3.63, 3.8) is 0 Å². The van der Waals surface area contributed by atoms with Gasteiger partial charge in [0.15, 0.2) is 0 Å². The summed E-state index contributed by atoms with van der Waals surface area (Å²) in [5.41, 5.74) is 0.587. The summed E-state index contributed by atoms with van der Waals surface area (Å²) in [5, 5.41) is 3.27. The van der Waals surface area contributed by atoms with Gasteiger partial charge in [0, 0.05) is 10.0 Å². The first-order chi connectivity index (χ1) is 10.7. The van der Waals surface area contributed by atoms with E-state index in [1.165, 1.54) is 0 Å². The predicted octanol–water partition coefficient (Wildman–Crippen LogP) is 3.91. The molecule has 0 atom stereocenters. The molecule has 5 heteroatoms. The van der Waals surface area contributed by atoms with Crippen molar-refractivity contribution >= 4 is 33.4 Å². The van der Waals surface area contributed by atoms with Gasteiger partial charge in [-0.15, -0.1) is 0 Å². The van der Waals surface area contributed by atoms with Gasteiger partial charge in [-0.2, -0.15) is 0 Å². The summed E-state index contributed by atoms with van der Waals surface area (Å²) < 4.78 is 6.28. The summed E-state index contributed by atoms with van der Waals surface area (Å²) in [6.45, 7) is 0.480. The first-order valence-corrected chi connectivity index (χ1v) is 7.71. The van der Waals surface area contributed by atoms with Crippen LogP contribution in [0.25, 0.3) is 0 Å². The summed E-state index contributed by atoms with van der Waals surface area (Å²) in [7, 11) is 0. The van der Waals surface area contributed by atoms with E-state index in [0.717, 1.165) is 4.47 Å². The molecular formula is C17H13BrClNO2. The molecule has 2 rings (SSSR count). The first-order valence-electron chi connectivity index (χ1n) is 6.53. The molecule has 2 aromatic carbocycles. The lowest BCUT2D eigenvalue weighted by atomic mass is 10.2. The Morgan fingerprint density at radius 1 is 1.18 bits per heavy atom. The summed E-state index contributed by atoms with van der Waals surface area (Å²) in [4.78, 5) is 11.8. The molecule has 0 unspecified atom stereocenters. The van der Waals surface area contributed by atoms with Crippen LogP contribution in [0.4, 0.5) is 0 Å². The van der Waals surface area contributed by atoms with Crippen molar-refractivity contribution in [2.24, 2.45) is 0 Å². The van der Waals surface area contributed by atoms with Crippen LogP contribution in [0.1, 0.15) is 10.4 Å². The first kappa shape index (κ1) is 16.4. The number of hydrogen-bond acceptors (Lipinski definition) is 2. The van der Waals surface area contributed by atoms with Crippen LogP contribution in [-0.4, -0.2) is 19.1 Å². The summed E-state index contributed by atoms with van der Waals surface area (Å²) in [6, 6.07) is 14.4. The zero-order valence-corrected chi connectivity index (χ0v) is 13.9. The van der Waals surface area contributed by atoms with Crippen LogP contribution in [-0.2, 0) is 0 Å². The zero-order chi connectivity index (χ0) is 15.8. The topological polar surface area (TPSA) is 38.3 Å². The van der Waals surface area contributed by atoms with Gasteiger partial charge >= 0.3 is 0 Å². The van der Waals surface area contributed by atoms with Crippen molar-refractivity contribution in [1.82, 2.24) is 5.32 Å². The number of carbonyl (C=O) groups excluding carboxylic acids is 1. The number of benzene rings is 2. The van der Waals surface area contributed by atoms with E-state index in [9.17, 15) is 4.79 Å². The van der Waals surface area contributed by atoms with Gasteiger partial charge in [-0.05, 0) is 30.3 Å². The van der Waals surface area contributed by atoms with Gasteiger partial charge in [0.25, 0.3) is 5.91 Å². The van der Waals surface area contributed by atoms with E-state index in [1.807, 2.05) is 24.3 Å². The van der Waals surface area contributed by atoms with E-state index in [0.29, 0.717) is 16.3 Å². The molecule has 0 aliphatic rings. The summed E-state index contributed by atoms with van der Waals surface area (Å²) >= 11 is 9.28. The van der Waals surface area contributed by atoms with Crippen LogP contribution >= 0.6 is 27.5 Å². The monoisotopic (exact) mass is 377 g/mol. The van der Waals surface area contributed by atoms with Crippen molar-refractivity contribution < 1.29 is 9.53 Å². The number of amides is 1. The third-order valence-electron chi connectivity index (χ3n) is 2.69. The SMILES string of the molecule is O=C(NCC#CCOc1ccccc1Cl)c1cccc(Br)c1. The Labute approximate surface area is 142 Å². The normalized spacial score (nSPS) is 9.55. The molecule has 0 spiro atoms. The van der Waals surface area contributed by atoms with E-state index < -0.39 is 0 Å². The number of nitrogens with one attached hydrogen (secondary N) is 1. The van der Waals surface area contributed by atoms with E-state index >= 15 is 0 Å². The Morgan fingerprint density at radius 2 is 2.00 bits per heavy atom. The van der Waals surface area contributed by atoms with Gasteiger partial charge in [0.05, 0.1) is 11.6 Å². The minimum Gasteiger partial charge on any atom is -0.479 e. The molecule has 0 aliphatic carbocycles. The Kier molecular flexibility index (Phi) is 6.32. The molecule has 0 aliphatic heterocycles. The van der Waals surface area contributed by atoms with Crippen LogP contribution in [0, 0.1) is 11.8 Å². The third kappa shape index (κ3) is 5.10. The maximum absolute atomic E-state index is 11.8. The molecule has 1 N–H and O–H groups in total. The lowest BCUT2D eigenvalue weighted by Gasteiger charge is -2.03. The summed E-state index contributed by atoms with van der Waals surface area (Å²) in [6.07, 6.45) is 0. The predicted molar refractivity (Wildman–Crippen MR) is 91.2 cm³/mol. The van der Waals surface area contributed by atoms with Gasteiger partial charge in [0.1, 0.15) is 12.4 Å². The van der Waals surface area contributed by atoms with E-state index in [4.69, 9.17) is 16.3 Å². The molecule has 1 amide bonds. The van der Waals surface area contributed by atoms with Crippen molar-refractivity contribution in [2.75, 3.05) is 13.2 Å².